The van der Waals surface area contributed by atoms with Crippen molar-refractivity contribution in [2.24, 2.45) is 7.05 Å². The number of ether oxygens (including phenoxy) is 1. The summed E-state index contributed by atoms with van der Waals surface area (Å²) < 4.78 is 8.99. The molecule has 3 aromatic heterocycles. The van der Waals surface area contributed by atoms with Crippen LogP contribution in [0.5, 0.6) is 0 Å². The molecule has 0 amide bonds. The minimum Gasteiger partial charge on any atom is -0.378 e. The largest absolute Gasteiger partial charge is 0.378 e. The standard InChI is InChI=1S/C26H25N9O/c1-33-17-19(16-29-33)22-4-2-3-5-23(22)24-10-11-27-25(31-24)30-20-6-8-21(9-7-20)35-18-28-26(32-35)34-12-14-36-15-13-34/h2-11,16-18H,12-15H2,1H3,(H,27,30,31). The van der Waals surface area contributed by atoms with Gasteiger partial charge in [-0.3, -0.25) is 4.68 Å². The van der Waals surface area contributed by atoms with E-state index in [1.807, 2.05) is 61.9 Å². The van der Waals surface area contributed by atoms with Crippen LogP contribution in [0.2, 0.25) is 0 Å². The lowest BCUT2D eigenvalue weighted by Crippen LogP contribution is -2.37. The summed E-state index contributed by atoms with van der Waals surface area (Å²) in [5.41, 5.74) is 5.78. The van der Waals surface area contributed by atoms with Crippen LogP contribution in [0.3, 0.4) is 0 Å². The van der Waals surface area contributed by atoms with Crippen molar-refractivity contribution in [3.05, 3.63) is 79.5 Å². The van der Waals surface area contributed by atoms with Crippen LogP contribution in [0.1, 0.15) is 0 Å². The molecule has 180 valence electrons. The van der Waals surface area contributed by atoms with E-state index in [0.717, 1.165) is 52.8 Å². The first kappa shape index (κ1) is 21.9. The number of nitrogens with zero attached hydrogens (tertiary/aromatic N) is 8. The van der Waals surface area contributed by atoms with Gasteiger partial charge in [-0.15, -0.1) is 5.10 Å². The van der Waals surface area contributed by atoms with Crippen molar-refractivity contribution >= 4 is 17.6 Å². The van der Waals surface area contributed by atoms with Gasteiger partial charge in [0.05, 0.1) is 30.8 Å². The highest BCUT2D eigenvalue weighted by molar-refractivity contribution is 5.81. The first-order chi connectivity index (χ1) is 17.7. The third kappa shape index (κ3) is 4.53. The monoisotopic (exact) mass is 479 g/mol. The molecule has 0 unspecified atom stereocenters. The Morgan fingerprint density at radius 1 is 0.917 bits per heavy atom. The lowest BCUT2D eigenvalue weighted by atomic mass is 10.00. The van der Waals surface area contributed by atoms with Gasteiger partial charge in [0, 0.05) is 49.3 Å². The second-order valence-electron chi connectivity index (χ2n) is 8.47. The molecule has 1 N–H and O–H groups in total. The van der Waals surface area contributed by atoms with Gasteiger partial charge in [0.2, 0.25) is 11.9 Å². The van der Waals surface area contributed by atoms with Gasteiger partial charge in [-0.1, -0.05) is 24.3 Å². The van der Waals surface area contributed by atoms with E-state index in [1.165, 1.54) is 0 Å². The first-order valence-corrected chi connectivity index (χ1v) is 11.8. The number of rotatable bonds is 6. The molecule has 6 rings (SSSR count). The molecule has 36 heavy (non-hydrogen) atoms. The molecule has 1 aliphatic rings. The molecule has 0 bridgehead atoms. The van der Waals surface area contributed by atoms with E-state index in [-0.39, 0.29) is 0 Å². The highest BCUT2D eigenvalue weighted by atomic mass is 16.5. The minimum absolute atomic E-state index is 0.525. The van der Waals surface area contributed by atoms with Gasteiger partial charge in [0.25, 0.3) is 0 Å². The number of anilines is 3. The van der Waals surface area contributed by atoms with E-state index in [4.69, 9.17) is 9.72 Å². The van der Waals surface area contributed by atoms with Gasteiger partial charge < -0.3 is 15.0 Å². The SMILES string of the molecule is Cn1cc(-c2ccccc2-c2ccnc(Nc3ccc(-n4cnc(N5CCOCC5)n4)cc3)n2)cn1. The minimum atomic E-state index is 0.525. The Balaban J connectivity index is 1.20. The maximum absolute atomic E-state index is 5.41. The van der Waals surface area contributed by atoms with Gasteiger partial charge >= 0.3 is 0 Å². The Morgan fingerprint density at radius 3 is 2.50 bits per heavy atom. The molecule has 1 saturated heterocycles. The Bertz CT molecular complexity index is 1470. The summed E-state index contributed by atoms with van der Waals surface area (Å²) in [7, 11) is 1.91. The Labute approximate surface area is 208 Å². The number of hydrogen-bond donors (Lipinski definition) is 1. The summed E-state index contributed by atoms with van der Waals surface area (Å²) in [6.07, 6.45) is 7.36. The molecule has 5 aromatic rings. The molecule has 0 aliphatic carbocycles. The summed E-state index contributed by atoms with van der Waals surface area (Å²) in [5, 5.41) is 12.2. The maximum Gasteiger partial charge on any atom is 0.245 e. The highest BCUT2D eigenvalue weighted by Gasteiger charge is 2.15. The molecular formula is C26H25N9O. The van der Waals surface area contributed by atoms with Crippen molar-refractivity contribution < 1.29 is 4.74 Å². The van der Waals surface area contributed by atoms with Gasteiger partial charge in [0.1, 0.15) is 6.33 Å². The smallest absolute Gasteiger partial charge is 0.245 e. The summed E-state index contributed by atoms with van der Waals surface area (Å²) >= 11 is 0. The molecule has 10 heteroatoms. The zero-order chi connectivity index (χ0) is 24.3. The number of hydrogen-bond acceptors (Lipinski definition) is 8. The van der Waals surface area contributed by atoms with E-state index in [2.05, 4.69) is 42.5 Å². The quantitative estimate of drug-likeness (QED) is 0.394. The zero-order valence-electron chi connectivity index (χ0n) is 19.8. The Morgan fingerprint density at radius 2 is 1.72 bits per heavy atom. The van der Waals surface area contributed by atoms with Crippen LogP contribution in [0.25, 0.3) is 28.1 Å². The van der Waals surface area contributed by atoms with Crippen LogP contribution >= 0.6 is 0 Å². The van der Waals surface area contributed by atoms with E-state index >= 15 is 0 Å². The molecule has 1 aliphatic heterocycles. The molecular weight excluding hydrogens is 454 g/mol. The third-order valence-electron chi connectivity index (χ3n) is 6.04. The Hall–Kier alpha value is -4.57. The van der Waals surface area contributed by atoms with Gasteiger partial charge in [-0.25, -0.2) is 14.6 Å². The van der Waals surface area contributed by atoms with E-state index in [1.54, 1.807) is 21.9 Å². The topological polar surface area (TPSA) is 98.8 Å². The van der Waals surface area contributed by atoms with Crippen molar-refractivity contribution in [2.75, 3.05) is 36.5 Å². The molecule has 1 fully saturated rings. The fourth-order valence-electron chi connectivity index (χ4n) is 4.20. The number of morpholine rings is 1. The van der Waals surface area contributed by atoms with E-state index in [0.29, 0.717) is 19.2 Å². The van der Waals surface area contributed by atoms with Gasteiger partial charge in [-0.05, 0) is 35.9 Å². The lowest BCUT2D eigenvalue weighted by Gasteiger charge is -2.25. The number of nitrogens with one attached hydrogen (secondary N) is 1. The zero-order valence-corrected chi connectivity index (χ0v) is 19.8. The fraction of sp³-hybridized carbons (Fsp3) is 0.192. The highest BCUT2D eigenvalue weighted by Crippen LogP contribution is 2.31. The van der Waals surface area contributed by atoms with Crippen molar-refractivity contribution in [1.82, 2.24) is 34.5 Å². The summed E-state index contributed by atoms with van der Waals surface area (Å²) in [4.78, 5) is 15.8. The average molecular weight is 480 g/mol. The van der Waals surface area contributed by atoms with Crippen molar-refractivity contribution in [3.63, 3.8) is 0 Å². The molecule has 0 saturated carbocycles. The molecule has 4 heterocycles. The summed E-state index contributed by atoms with van der Waals surface area (Å²) in [6.45, 7) is 3.01. The third-order valence-corrected chi connectivity index (χ3v) is 6.04. The molecule has 10 nitrogen and oxygen atoms in total. The second-order valence-corrected chi connectivity index (χ2v) is 8.47. The van der Waals surface area contributed by atoms with Crippen molar-refractivity contribution in [2.45, 2.75) is 0 Å². The van der Waals surface area contributed by atoms with Gasteiger partial charge in [-0.2, -0.15) is 10.1 Å². The maximum atomic E-state index is 5.41. The van der Waals surface area contributed by atoms with Crippen molar-refractivity contribution in [1.29, 1.82) is 0 Å². The first-order valence-electron chi connectivity index (χ1n) is 11.8. The number of aromatic nitrogens is 7. The average Bonchev–Trinajstić information content (AvgIpc) is 3.60. The van der Waals surface area contributed by atoms with Gasteiger partial charge in [0.15, 0.2) is 0 Å². The molecule has 2 aromatic carbocycles. The normalized spacial score (nSPS) is 13.6. The predicted octanol–water partition coefficient (Wildman–Crippen LogP) is 3.71. The van der Waals surface area contributed by atoms with E-state index in [9.17, 15) is 0 Å². The lowest BCUT2D eigenvalue weighted by molar-refractivity contribution is 0.122. The molecule has 0 spiro atoms. The van der Waals surface area contributed by atoms with Crippen LogP contribution in [-0.4, -0.2) is 60.8 Å². The van der Waals surface area contributed by atoms with Crippen LogP contribution in [0, 0.1) is 0 Å². The number of benzene rings is 2. The summed E-state index contributed by atoms with van der Waals surface area (Å²) in [5.74, 6) is 1.24. The molecule has 0 atom stereocenters. The van der Waals surface area contributed by atoms with Crippen LogP contribution in [0.4, 0.5) is 17.6 Å². The van der Waals surface area contributed by atoms with Crippen molar-refractivity contribution in [3.8, 4) is 28.1 Å². The van der Waals surface area contributed by atoms with Crippen LogP contribution in [-0.2, 0) is 11.8 Å². The van der Waals surface area contributed by atoms with Crippen LogP contribution in [0.15, 0.2) is 79.5 Å². The fourth-order valence-corrected chi connectivity index (χ4v) is 4.20. The Kier molecular flexibility index (Phi) is 5.84. The number of aryl methyl sites for hydroxylation is 1. The summed E-state index contributed by atoms with van der Waals surface area (Å²) in [6, 6.07) is 18.0. The predicted molar refractivity (Wildman–Crippen MR) is 137 cm³/mol. The molecule has 0 radical (unpaired) electrons. The van der Waals surface area contributed by atoms with E-state index < -0.39 is 0 Å². The second kappa shape index (κ2) is 9.59. The van der Waals surface area contributed by atoms with Crippen LogP contribution < -0.4 is 10.2 Å².